The van der Waals surface area contributed by atoms with Crippen LogP contribution in [-0.2, 0) is 11.2 Å². The van der Waals surface area contributed by atoms with Gasteiger partial charge in [0.1, 0.15) is 5.82 Å². The molecule has 5 nitrogen and oxygen atoms in total. The number of hydrogen-bond acceptors (Lipinski definition) is 3. The molecular weight excluding hydrogens is 362 g/mol. The van der Waals surface area contributed by atoms with E-state index in [1.54, 1.807) is 4.68 Å². The lowest BCUT2D eigenvalue weighted by Gasteiger charge is -2.23. The molecule has 1 aromatic heterocycles. The summed E-state index contributed by atoms with van der Waals surface area (Å²) >= 11 is 0. The summed E-state index contributed by atoms with van der Waals surface area (Å²) in [7, 11) is 0. The SMILES string of the molecule is CCc1ccc(C(=O)[C@@H]2CC(=O)Nc3c2c(C)nn3-c2ccc(C)c(C)c2)cc1. The van der Waals surface area contributed by atoms with Gasteiger partial charge in [0.05, 0.1) is 17.3 Å². The summed E-state index contributed by atoms with van der Waals surface area (Å²) in [5.41, 5.74) is 6.61. The standard InChI is InChI=1S/C24H25N3O2/c1-5-17-7-9-18(10-8-17)23(29)20-13-21(28)25-24-22(20)16(4)26-27(24)19-11-6-14(2)15(3)12-19/h6-12,20H,5,13H2,1-4H3,(H,25,28)/t20-/m1/s1. The third-order valence-corrected chi connectivity index (χ3v) is 5.80. The average Bonchev–Trinajstić information content (AvgIpc) is 3.05. The van der Waals surface area contributed by atoms with E-state index in [1.165, 1.54) is 11.1 Å². The van der Waals surface area contributed by atoms with Gasteiger partial charge in [-0.2, -0.15) is 5.10 Å². The molecule has 2 aromatic carbocycles. The van der Waals surface area contributed by atoms with Crippen LogP contribution in [0.4, 0.5) is 5.82 Å². The van der Waals surface area contributed by atoms with Crippen LogP contribution in [-0.4, -0.2) is 21.5 Å². The van der Waals surface area contributed by atoms with E-state index in [9.17, 15) is 9.59 Å². The number of ketones is 1. The quantitative estimate of drug-likeness (QED) is 0.662. The van der Waals surface area contributed by atoms with Crippen molar-refractivity contribution < 1.29 is 9.59 Å². The maximum absolute atomic E-state index is 13.3. The second-order valence-corrected chi connectivity index (χ2v) is 7.75. The van der Waals surface area contributed by atoms with Crippen LogP contribution >= 0.6 is 0 Å². The van der Waals surface area contributed by atoms with Crippen LogP contribution in [0.3, 0.4) is 0 Å². The zero-order chi connectivity index (χ0) is 20.7. The van der Waals surface area contributed by atoms with Gasteiger partial charge >= 0.3 is 0 Å². The summed E-state index contributed by atoms with van der Waals surface area (Å²) < 4.78 is 1.74. The predicted molar refractivity (Wildman–Crippen MR) is 114 cm³/mol. The van der Waals surface area contributed by atoms with Crippen LogP contribution < -0.4 is 5.32 Å². The molecule has 4 rings (SSSR count). The summed E-state index contributed by atoms with van der Waals surface area (Å²) in [4.78, 5) is 25.8. The highest BCUT2D eigenvalue weighted by Crippen LogP contribution is 2.38. The number of Topliss-reactive ketones (excluding diaryl/α,β-unsaturated/α-hetero) is 1. The molecule has 0 fully saturated rings. The third kappa shape index (κ3) is 3.37. The first-order valence-electron chi connectivity index (χ1n) is 9.99. The summed E-state index contributed by atoms with van der Waals surface area (Å²) in [6.45, 7) is 8.09. The van der Waals surface area contributed by atoms with Gasteiger partial charge in [-0.25, -0.2) is 4.68 Å². The number of fused-ring (bicyclic) bond motifs is 1. The van der Waals surface area contributed by atoms with Crippen molar-refractivity contribution in [2.24, 2.45) is 0 Å². The number of rotatable bonds is 4. The maximum atomic E-state index is 13.3. The van der Waals surface area contributed by atoms with Gasteiger partial charge in [0.25, 0.3) is 0 Å². The Morgan fingerprint density at radius 3 is 2.48 bits per heavy atom. The van der Waals surface area contributed by atoms with Gasteiger partial charge < -0.3 is 5.32 Å². The Balaban J connectivity index is 1.78. The zero-order valence-electron chi connectivity index (χ0n) is 17.2. The van der Waals surface area contributed by atoms with Crippen LogP contribution in [0.25, 0.3) is 5.69 Å². The fourth-order valence-electron chi connectivity index (χ4n) is 3.92. The maximum Gasteiger partial charge on any atom is 0.226 e. The summed E-state index contributed by atoms with van der Waals surface area (Å²) in [5.74, 6) is -0.116. The molecule has 0 saturated heterocycles. The molecular formula is C24H25N3O2. The third-order valence-electron chi connectivity index (χ3n) is 5.80. The Labute approximate surface area is 170 Å². The molecule has 2 heterocycles. The van der Waals surface area contributed by atoms with Crippen LogP contribution in [0.15, 0.2) is 42.5 Å². The highest BCUT2D eigenvalue weighted by Gasteiger charge is 2.36. The molecule has 5 heteroatoms. The van der Waals surface area contributed by atoms with Crippen LogP contribution in [0.2, 0.25) is 0 Å². The number of anilines is 1. The molecule has 0 spiro atoms. The van der Waals surface area contributed by atoms with E-state index in [-0.39, 0.29) is 18.1 Å². The first-order chi connectivity index (χ1) is 13.9. The molecule has 1 atom stereocenters. The minimum Gasteiger partial charge on any atom is -0.310 e. The minimum absolute atomic E-state index is 0.0357. The van der Waals surface area contributed by atoms with Gasteiger partial charge in [0.15, 0.2) is 5.78 Å². The molecule has 0 radical (unpaired) electrons. The van der Waals surface area contributed by atoms with Crippen molar-refractivity contribution in [3.8, 4) is 5.69 Å². The lowest BCUT2D eigenvalue weighted by Crippen LogP contribution is -2.28. The number of carbonyl (C=O) groups is 2. The van der Waals surface area contributed by atoms with E-state index in [0.29, 0.717) is 11.4 Å². The summed E-state index contributed by atoms with van der Waals surface area (Å²) in [5, 5.41) is 7.62. The number of nitrogens with zero attached hydrogens (tertiary/aromatic N) is 2. The number of hydrogen-bond donors (Lipinski definition) is 1. The molecule has 1 amide bonds. The molecule has 0 saturated carbocycles. The van der Waals surface area contributed by atoms with E-state index in [4.69, 9.17) is 0 Å². The Kier molecular flexibility index (Phi) is 4.82. The van der Waals surface area contributed by atoms with Gasteiger partial charge in [0.2, 0.25) is 5.91 Å². The lowest BCUT2D eigenvalue weighted by atomic mass is 9.85. The molecule has 1 aliphatic heterocycles. The largest absolute Gasteiger partial charge is 0.310 e. The molecule has 1 N–H and O–H groups in total. The predicted octanol–water partition coefficient (Wildman–Crippen LogP) is 4.67. The second kappa shape index (κ2) is 7.32. The second-order valence-electron chi connectivity index (χ2n) is 7.75. The van der Waals surface area contributed by atoms with E-state index < -0.39 is 5.92 Å². The topological polar surface area (TPSA) is 64.0 Å². The molecule has 3 aromatic rings. The van der Waals surface area contributed by atoms with Crippen molar-refractivity contribution in [3.63, 3.8) is 0 Å². The van der Waals surface area contributed by atoms with Gasteiger partial charge in [-0.15, -0.1) is 0 Å². The monoisotopic (exact) mass is 387 g/mol. The highest BCUT2D eigenvalue weighted by atomic mass is 16.2. The van der Waals surface area contributed by atoms with Crippen LogP contribution in [0.5, 0.6) is 0 Å². The van der Waals surface area contributed by atoms with E-state index in [2.05, 4.69) is 24.3 Å². The summed E-state index contributed by atoms with van der Waals surface area (Å²) in [6.07, 6.45) is 1.06. The van der Waals surface area contributed by atoms with Crippen molar-refractivity contribution in [2.45, 2.75) is 46.5 Å². The molecule has 0 unspecified atom stereocenters. The zero-order valence-corrected chi connectivity index (χ0v) is 17.2. The highest BCUT2D eigenvalue weighted by molar-refractivity contribution is 6.08. The Morgan fingerprint density at radius 2 is 1.83 bits per heavy atom. The molecule has 0 aliphatic carbocycles. The number of aryl methyl sites for hydroxylation is 4. The number of nitrogens with one attached hydrogen (secondary N) is 1. The Bertz CT molecular complexity index is 1110. The normalized spacial score (nSPS) is 15.7. The fraction of sp³-hybridized carbons (Fsp3) is 0.292. The number of amides is 1. The van der Waals surface area contributed by atoms with E-state index in [1.807, 2.05) is 56.3 Å². The van der Waals surface area contributed by atoms with Crippen LogP contribution in [0, 0.1) is 20.8 Å². The van der Waals surface area contributed by atoms with Gasteiger partial charge in [-0.3, -0.25) is 9.59 Å². The van der Waals surface area contributed by atoms with Crippen LogP contribution in [0.1, 0.15) is 57.6 Å². The average molecular weight is 387 g/mol. The number of aromatic nitrogens is 2. The first-order valence-corrected chi connectivity index (χ1v) is 9.99. The van der Waals surface area contributed by atoms with Crippen molar-refractivity contribution in [3.05, 3.63) is 76.0 Å². The van der Waals surface area contributed by atoms with Gasteiger partial charge in [0, 0.05) is 17.5 Å². The number of benzene rings is 2. The molecule has 0 bridgehead atoms. The van der Waals surface area contributed by atoms with Crippen molar-refractivity contribution in [1.29, 1.82) is 0 Å². The molecule has 1 aliphatic rings. The van der Waals surface area contributed by atoms with Crippen molar-refractivity contribution in [2.75, 3.05) is 5.32 Å². The fourth-order valence-corrected chi connectivity index (χ4v) is 3.92. The van der Waals surface area contributed by atoms with Gasteiger partial charge in [-0.1, -0.05) is 37.3 Å². The molecule has 148 valence electrons. The van der Waals surface area contributed by atoms with E-state index >= 15 is 0 Å². The van der Waals surface area contributed by atoms with E-state index in [0.717, 1.165) is 28.9 Å². The summed E-state index contributed by atoms with van der Waals surface area (Å²) in [6, 6.07) is 13.7. The smallest absolute Gasteiger partial charge is 0.226 e. The van der Waals surface area contributed by atoms with Gasteiger partial charge in [-0.05, 0) is 56.0 Å². The number of carbonyl (C=O) groups excluding carboxylic acids is 2. The minimum atomic E-state index is -0.522. The van der Waals surface area contributed by atoms with Crippen molar-refractivity contribution >= 4 is 17.5 Å². The first kappa shape index (κ1) is 19.1. The lowest BCUT2D eigenvalue weighted by molar-refractivity contribution is -0.116. The van der Waals surface area contributed by atoms with Crippen molar-refractivity contribution in [1.82, 2.24) is 9.78 Å². The molecule has 29 heavy (non-hydrogen) atoms. The Hall–Kier alpha value is -3.21. The Morgan fingerprint density at radius 1 is 1.10 bits per heavy atom.